The van der Waals surface area contributed by atoms with E-state index in [4.69, 9.17) is 15.2 Å². The van der Waals surface area contributed by atoms with E-state index in [1.165, 1.54) is 0 Å². The summed E-state index contributed by atoms with van der Waals surface area (Å²) in [7, 11) is 0. The molecule has 1 fully saturated rings. The Morgan fingerprint density at radius 2 is 2.21 bits per heavy atom. The van der Waals surface area contributed by atoms with Crippen LogP contribution in [0.3, 0.4) is 0 Å². The van der Waals surface area contributed by atoms with Crippen molar-refractivity contribution in [3.8, 4) is 0 Å². The first-order valence-corrected chi connectivity index (χ1v) is 6.36. The van der Waals surface area contributed by atoms with Crippen LogP contribution in [0.4, 0.5) is 11.4 Å². The second-order valence-electron chi connectivity index (χ2n) is 4.23. The molecule has 3 N–H and O–H groups in total. The van der Waals surface area contributed by atoms with E-state index in [1.54, 1.807) is 25.1 Å². The van der Waals surface area contributed by atoms with Gasteiger partial charge in [-0.1, -0.05) is 0 Å². The van der Waals surface area contributed by atoms with Crippen LogP contribution in [0.1, 0.15) is 17.3 Å². The number of hydrogen-bond acceptors (Lipinski definition) is 6. The second kappa shape index (κ2) is 6.40. The largest absolute Gasteiger partial charge is 0.462 e. The van der Waals surface area contributed by atoms with Crippen molar-refractivity contribution < 1.29 is 14.3 Å². The number of nitrogens with zero attached hydrogens (tertiary/aromatic N) is 1. The average molecular weight is 265 g/mol. The minimum Gasteiger partial charge on any atom is -0.462 e. The number of morpholine rings is 1. The molecule has 0 spiro atoms. The van der Waals surface area contributed by atoms with E-state index in [1.807, 2.05) is 5.01 Å². The number of carbonyl (C=O) groups excluding carboxylic acids is 1. The summed E-state index contributed by atoms with van der Waals surface area (Å²) in [6.07, 6.45) is 0. The maximum absolute atomic E-state index is 11.7. The van der Waals surface area contributed by atoms with Crippen LogP contribution < -0.4 is 11.2 Å². The lowest BCUT2D eigenvalue weighted by Gasteiger charge is -2.28. The number of rotatable bonds is 4. The van der Waals surface area contributed by atoms with Crippen LogP contribution >= 0.6 is 0 Å². The Balaban J connectivity index is 2.10. The zero-order valence-corrected chi connectivity index (χ0v) is 11.0. The lowest BCUT2D eigenvalue weighted by molar-refractivity contribution is 0.0495. The smallest absolute Gasteiger partial charge is 0.338 e. The highest BCUT2D eigenvalue weighted by Gasteiger charge is 2.13. The van der Waals surface area contributed by atoms with Gasteiger partial charge >= 0.3 is 5.97 Å². The van der Waals surface area contributed by atoms with Crippen LogP contribution in [-0.4, -0.2) is 43.9 Å². The van der Waals surface area contributed by atoms with E-state index in [-0.39, 0.29) is 5.97 Å². The Morgan fingerprint density at radius 1 is 1.47 bits per heavy atom. The molecule has 2 rings (SSSR count). The third-order valence-electron chi connectivity index (χ3n) is 2.85. The van der Waals surface area contributed by atoms with E-state index < -0.39 is 0 Å². The van der Waals surface area contributed by atoms with Crippen LogP contribution in [-0.2, 0) is 9.47 Å². The van der Waals surface area contributed by atoms with Crippen molar-refractivity contribution in [1.29, 1.82) is 0 Å². The maximum atomic E-state index is 11.7. The number of hydrogen-bond donors (Lipinski definition) is 2. The highest BCUT2D eigenvalue weighted by Crippen LogP contribution is 2.21. The van der Waals surface area contributed by atoms with Crippen LogP contribution in [0.5, 0.6) is 0 Å². The van der Waals surface area contributed by atoms with E-state index in [9.17, 15) is 4.79 Å². The molecule has 1 aliphatic rings. The van der Waals surface area contributed by atoms with Crippen molar-refractivity contribution in [2.24, 2.45) is 0 Å². The van der Waals surface area contributed by atoms with Gasteiger partial charge in [-0.2, -0.15) is 0 Å². The van der Waals surface area contributed by atoms with E-state index >= 15 is 0 Å². The van der Waals surface area contributed by atoms with Crippen LogP contribution in [0.25, 0.3) is 0 Å². The monoisotopic (exact) mass is 265 g/mol. The Bertz CT molecular complexity index is 445. The summed E-state index contributed by atoms with van der Waals surface area (Å²) in [5.41, 5.74) is 10.9. The number of esters is 1. The van der Waals surface area contributed by atoms with Gasteiger partial charge in [0.05, 0.1) is 36.8 Å². The number of nitrogen functional groups attached to an aromatic ring is 1. The van der Waals surface area contributed by atoms with Crippen LogP contribution in [0.15, 0.2) is 18.2 Å². The second-order valence-corrected chi connectivity index (χ2v) is 4.23. The van der Waals surface area contributed by atoms with Gasteiger partial charge in [0.15, 0.2) is 0 Å². The Morgan fingerprint density at radius 3 is 2.89 bits per heavy atom. The average Bonchev–Trinajstić information content (AvgIpc) is 2.42. The molecule has 6 heteroatoms. The summed E-state index contributed by atoms with van der Waals surface area (Å²) in [6.45, 7) is 5.07. The molecular formula is C13H19N3O3. The predicted octanol–water partition coefficient (Wildman–Crippen LogP) is 1.10. The summed E-state index contributed by atoms with van der Waals surface area (Å²) in [5.74, 6) is -0.340. The van der Waals surface area contributed by atoms with Gasteiger partial charge in [0.1, 0.15) is 0 Å². The Labute approximate surface area is 112 Å². The molecular weight excluding hydrogens is 246 g/mol. The zero-order chi connectivity index (χ0) is 13.7. The third kappa shape index (κ3) is 3.59. The van der Waals surface area contributed by atoms with Gasteiger partial charge in [-0.05, 0) is 25.1 Å². The van der Waals surface area contributed by atoms with E-state index in [2.05, 4.69) is 5.43 Å². The fourth-order valence-electron chi connectivity index (χ4n) is 1.84. The molecule has 6 nitrogen and oxygen atoms in total. The number of carbonyl (C=O) groups is 1. The number of hydrazine groups is 1. The molecule has 0 radical (unpaired) electrons. The first-order valence-electron chi connectivity index (χ1n) is 6.36. The molecule has 1 saturated heterocycles. The molecule has 1 aromatic rings. The fraction of sp³-hybridized carbons (Fsp3) is 0.462. The number of nitrogens with one attached hydrogen (secondary N) is 1. The first kappa shape index (κ1) is 13.6. The summed E-state index contributed by atoms with van der Waals surface area (Å²) >= 11 is 0. The molecule has 104 valence electrons. The molecule has 0 atom stereocenters. The summed E-state index contributed by atoms with van der Waals surface area (Å²) in [6, 6.07) is 5.08. The SMILES string of the molecule is CCOC(=O)c1ccc(N)c(NN2CCOCC2)c1. The van der Waals surface area contributed by atoms with Crippen molar-refractivity contribution in [2.45, 2.75) is 6.92 Å². The van der Waals surface area contributed by atoms with Crippen molar-refractivity contribution in [1.82, 2.24) is 5.01 Å². The van der Waals surface area contributed by atoms with Crippen molar-refractivity contribution in [3.63, 3.8) is 0 Å². The summed E-state index contributed by atoms with van der Waals surface area (Å²) in [4.78, 5) is 11.7. The summed E-state index contributed by atoms with van der Waals surface area (Å²) < 4.78 is 10.2. The molecule has 1 aromatic carbocycles. The molecule has 0 saturated carbocycles. The van der Waals surface area contributed by atoms with Gasteiger partial charge < -0.3 is 20.6 Å². The topological polar surface area (TPSA) is 76.8 Å². The highest BCUT2D eigenvalue weighted by atomic mass is 16.5. The quantitative estimate of drug-likeness (QED) is 0.627. The van der Waals surface area contributed by atoms with E-state index in [0.29, 0.717) is 36.8 Å². The third-order valence-corrected chi connectivity index (χ3v) is 2.85. The molecule has 0 amide bonds. The highest BCUT2D eigenvalue weighted by molar-refractivity contribution is 5.92. The number of nitrogens with two attached hydrogens (primary N) is 1. The molecule has 0 unspecified atom stereocenters. The molecule has 1 heterocycles. The Hall–Kier alpha value is -1.79. The first-order chi connectivity index (χ1) is 9.20. The molecule has 0 aromatic heterocycles. The standard InChI is InChI=1S/C13H19N3O3/c1-2-19-13(17)10-3-4-11(14)12(9-10)15-16-5-7-18-8-6-16/h3-4,9,15H,2,5-8,14H2,1H3. The normalized spacial score (nSPS) is 16.1. The lowest BCUT2D eigenvalue weighted by atomic mass is 10.2. The van der Waals surface area contributed by atoms with Gasteiger partial charge in [-0.25, -0.2) is 9.80 Å². The van der Waals surface area contributed by atoms with Gasteiger partial charge in [-0.15, -0.1) is 0 Å². The van der Waals surface area contributed by atoms with Crippen molar-refractivity contribution >= 4 is 17.3 Å². The van der Waals surface area contributed by atoms with Crippen molar-refractivity contribution in [3.05, 3.63) is 23.8 Å². The zero-order valence-electron chi connectivity index (χ0n) is 11.0. The Kier molecular flexibility index (Phi) is 4.59. The molecule has 0 bridgehead atoms. The number of benzene rings is 1. The maximum Gasteiger partial charge on any atom is 0.338 e. The van der Waals surface area contributed by atoms with Crippen LogP contribution in [0, 0.1) is 0 Å². The minimum atomic E-state index is -0.340. The molecule has 1 aliphatic heterocycles. The molecule has 19 heavy (non-hydrogen) atoms. The van der Waals surface area contributed by atoms with Crippen LogP contribution in [0.2, 0.25) is 0 Å². The summed E-state index contributed by atoms with van der Waals surface area (Å²) in [5, 5.41) is 2.02. The van der Waals surface area contributed by atoms with Gasteiger partial charge in [0, 0.05) is 13.1 Å². The minimum absolute atomic E-state index is 0.340. The molecule has 0 aliphatic carbocycles. The van der Waals surface area contributed by atoms with Gasteiger partial charge in [-0.3, -0.25) is 0 Å². The number of anilines is 2. The number of ether oxygens (including phenoxy) is 2. The predicted molar refractivity (Wildman–Crippen MR) is 72.8 cm³/mol. The fourth-order valence-corrected chi connectivity index (χ4v) is 1.84. The van der Waals surface area contributed by atoms with E-state index in [0.717, 1.165) is 13.1 Å². The van der Waals surface area contributed by atoms with Crippen molar-refractivity contribution in [2.75, 3.05) is 44.1 Å². The lowest BCUT2D eigenvalue weighted by Crippen LogP contribution is -2.40. The van der Waals surface area contributed by atoms with Gasteiger partial charge in [0.25, 0.3) is 0 Å². The van der Waals surface area contributed by atoms with Gasteiger partial charge in [0.2, 0.25) is 0 Å².